The van der Waals surface area contributed by atoms with Gasteiger partial charge in [0.15, 0.2) is 17.2 Å². The van der Waals surface area contributed by atoms with Gasteiger partial charge in [-0.3, -0.25) is 4.79 Å². The molecule has 0 saturated carbocycles. The summed E-state index contributed by atoms with van der Waals surface area (Å²) in [5.41, 5.74) is 0.679. The number of allylic oxidation sites excluding steroid dienone is 2. The third kappa shape index (κ3) is 3.73. The van der Waals surface area contributed by atoms with Crippen LogP contribution in [0, 0.1) is 6.92 Å². The van der Waals surface area contributed by atoms with Crippen molar-refractivity contribution in [3.05, 3.63) is 41.3 Å². The summed E-state index contributed by atoms with van der Waals surface area (Å²) in [5.74, 6) is -2.14. The minimum absolute atomic E-state index is 0.404. The largest absolute Gasteiger partial charge is 0.505 e. The molecular formula is C12H12F2N2O2. The molecule has 0 aromatic heterocycles. The average molecular weight is 254 g/mol. The number of aliphatic hydroxyl groups is 1. The maximum absolute atomic E-state index is 12.3. The van der Waals surface area contributed by atoms with Gasteiger partial charge in [0, 0.05) is 6.92 Å². The summed E-state index contributed by atoms with van der Waals surface area (Å²) in [5, 5.41) is 16.0. The van der Waals surface area contributed by atoms with Gasteiger partial charge in [-0.05, 0) is 19.1 Å². The van der Waals surface area contributed by atoms with Crippen LogP contribution in [0.5, 0.6) is 0 Å². The van der Waals surface area contributed by atoms with Gasteiger partial charge in [0.25, 0.3) is 6.43 Å². The van der Waals surface area contributed by atoms with E-state index in [0.29, 0.717) is 5.69 Å². The average Bonchev–Trinajstić information content (AvgIpc) is 2.31. The topological polar surface area (TPSA) is 62.0 Å². The molecule has 0 radical (unpaired) electrons. The number of benzene rings is 1. The standard InChI is InChI=1S/C12H12F2N2O2/c1-7-3-5-9(6-4-7)15-16-10(8(2)17)11(18)12(13)14/h3-6,12,18H,1-2H3/b11-10-,16-15?. The van der Waals surface area contributed by atoms with E-state index < -0.39 is 23.7 Å². The van der Waals surface area contributed by atoms with Crippen molar-refractivity contribution in [2.45, 2.75) is 20.3 Å². The zero-order valence-corrected chi connectivity index (χ0v) is 9.89. The van der Waals surface area contributed by atoms with Crippen LogP contribution in [-0.2, 0) is 4.79 Å². The lowest BCUT2D eigenvalue weighted by molar-refractivity contribution is -0.114. The highest BCUT2D eigenvalue weighted by Crippen LogP contribution is 2.18. The second kappa shape index (κ2) is 6.00. The fourth-order valence-corrected chi connectivity index (χ4v) is 1.12. The van der Waals surface area contributed by atoms with Crippen LogP contribution in [0.3, 0.4) is 0 Å². The molecule has 0 saturated heterocycles. The van der Waals surface area contributed by atoms with E-state index in [4.69, 9.17) is 5.11 Å². The van der Waals surface area contributed by atoms with Crippen LogP contribution in [0.2, 0.25) is 0 Å². The first kappa shape index (κ1) is 14.0. The Morgan fingerprint density at radius 3 is 2.28 bits per heavy atom. The molecule has 96 valence electrons. The molecule has 1 aromatic carbocycles. The molecule has 0 unspecified atom stereocenters. The van der Waals surface area contributed by atoms with Crippen molar-refractivity contribution in [2.24, 2.45) is 10.2 Å². The molecule has 0 spiro atoms. The van der Waals surface area contributed by atoms with E-state index >= 15 is 0 Å². The quantitative estimate of drug-likeness (QED) is 0.506. The maximum atomic E-state index is 12.3. The number of nitrogens with zero attached hydrogens (tertiary/aromatic N) is 2. The van der Waals surface area contributed by atoms with Crippen LogP contribution in [0.4, 0.5) is 14.5 Å². The van der Waals surface area contributed by atoms with E-state index in [1.54, 1.807) is 24.3 Å². The van der Waals surface area contributed by atoms with Gasteiger partial charge in [0.1, 0.15) is 0 Å². The normalized spacial score (nSPS) is 12.9. The van der Waals surface area contributed by atoms with Crippen molar-refractivity contribution in [3.8, 4) is 0 Å². The Hall–Kier alpha value is -2.11. The number of aryl methyl sites for hydroxylation is 1. The van der Waals surface area contributed by atoms with E-state index in [9.17, 15) is 13.6 Å². The Morgan fingerprint density at radius 1 is 1.28 bits per heavy atom. The Morgan fingerprint density at radius 2 is 1.83 bits per heavy atom. The van der Waals surface area contributed by atoms with Crippen molar-refractivity contribution in [1.29, 1.82) is 0 Å². The van der Waals surface area contributed by atoms with Crippen molar-refractivity contribution in [1.82, 2.24) is 0 Å². The van der Waals surface area contributed by atoms with Gasteiger partial charge >= 0.3 is 0 Å². The summed E-state index contributed by atoms with van der Waals surface area (Å²) in [6.45, 7) is 2.91. The number of ketones is 1. The van der Waals surface area contributed by atoms with Gasteiger partial charge in [-0.2, -0.15) is 5.11 Å². The van der Waals surface area contributed by atoms with E-state index in [0.717, 1.165) is 12.5 Å². The van der Waals surface area contributed by atoms with E-state index in [-0.39, 0.29) is 0 Å². The van der Waals surface area contributed by atoms with Crippen molar-refractivity contribution in [3.63, 3.8) is 0 Å². The fourth-order valence-electron chi connectivity index (χ4n) is 1.12. The molecule has 4 nitrogen and oxygen atoms in total. The Labute approximate surface area is 103 Å². The number of carbonyl (C=O) groups excluding carboxylic acids is 1. The summed E-state index contributed by atoms with van der Waals surface area (Å²) in [4.78, 5) is 11.1. The van der Waals surface area contributed by atoms with Crippen molar-refractivity contribution < 1.29 is 18.7 Å². The first-order chi connectivity index (χ1) is 8.41. The molecule has 0 amide bonds. The predicted molar refractivity (Wildman–Crippen MR) is 62.0 cm³/mol. The van der Waals surface area contributed by atoms with Gasteiger partial charge in [-0.25, -0.2) is 8.78 Å². The molecule has 0 aliphatic carbocycles. The second-order valence-corrected chi connectivity index (χ2v) is 3.63. The lowest BCUT2D eigenvalue weighted by Crippen LogP contribution is -2.05. The highest BCUT2D eigenvalue weighted by molar-refractivity contribution is 5.93. The monoisotopic (exact) mass is 254 g/mol. The minimum atomic E-state index is -3.15. The molecule has 1 aromatic rings. The molecule has 1 N–H and O–H groups in total. The second-order valence-electron chi connectivity index (χ2n) is 3.63. The number of hydrogen-bond donors (Lipinski definition) is 1. The van der Waals surface area contributed by atoms with Gasteiger partial charge in [-0.15, -0.1) is 5.11 Å². The Balaban J connectivity index is 3.02. The van der Waals surface area contributed by atoms with Gasteiger partial charge in [0.2, 0.25) is 0 Å². The molecule has 0 fully saturated rings. The summed E-state index contributed by atoms with van der Waals surface area (Å²) < 4.78 is 24.5. The van der Waals surface area contributed by atoms with E-state index in [1.165, 1.54) is 0 Å². The molecule has 0 bridgehead atoms. The number of alkyl halides is 2. The highest BCUT2D eigenvalue weighted by Gasteiger charge is 2.19. The summed E-state index contributed by atoms with van der Waals surface area (Å²) >= 11 is 0. The lowest BCUT2D eigenvalue weighted by atomic mass is 10.2. The fraction of sp³-hybridized carbons (Fsp3) is 0.250. The van der Waals surface area contributed by atoms with Crippen LogP contribution in [0.1, 0.15) is 12.5 Å². The number of halogens is 2. The molecule has 0 aliphatic rings. The van der Waals surface area contributed by atoms with E-state index in [1.807, 2.05) is 6.92 Å². The van der Waals surface area contributed by atoms with Crippen molar-refractivity contribution in [2.75, 3.05) is 0 Å². The number of rotatable bonds is 4. The smallest absolute Gasteiger partial charge is 0.296 e. The summed E-state index contributed by atoms with van der Waals surface area (Å²) in [7, 11) is 0. The molecule has 0 heterocycles. The number of hydrogen-bond acceptors (Lipinski definition) is 4. The van der Waals surface area contributed by atoms with Gasteiger partial charge < -0.3 is 5.11 Å². The molecule has 18 heavy (non-hydrogen) atoms. The summed E-state index contributed by atoms with van der Waals surface area (Å²) in [6.07, 6.45) is -3.15. The number of aliphatic hydroxyl groups excluding tert-OH is 1. The molecule has 1 rings (SSSR count). The van der Waals surface area contributed by atoms with Crippen LogP contribution in [0.25, 0.3) is 0 Å². The molecular weight excluding hydrogens is 242 g/mol. The van der Waals surface area contributed by atoms with Crippen LogP contribution in [-0.4, -0.2) is 17.3 Å². The summed E-state index contributed by atoms with van der Waals surface area (Å²) in [6, 6.07) is 6.77. The zero-order chi connectivity index (χ0) is 13.7. The number of azo groups is 1. The molecule has 6 heteroatoms. The number of carbonyl (C=O) groups is 1. The zero-order valence-electron chi connectivity index (χ0n) is 9.89. The molecule has 0 aliphatic heterocycles. The minimum Gasteiger partial charge on any atom is -0.505 e. The predicted octanol–water partition coefficient (Wildman–Crippen LogP) is 3.70. The highest BCUT2D eigenvalue weighted by atomic mass is 19.3. The Kier molecular flexibility index (Phi) is 4.65. The molecule has 0 atom stereocenters. The Bertz CT molecular complexity index is 493. The maximum Gasteiger partial charge on any atom is 0.296 e. The third-order valence-electron chi connectivity index (χ3n) is 2.08. The van der Waals surface area contributed by atoms with Crippen LogP contribution < -0.4 is 0 Å². The third-order valence-corrected chi connectivity index (χ3v) is 2.08. The van der Waals surface area contributed by atoms with Gasteiger partial charge in [-0.1, -0.05) is 17.7 Å². The van der Waals surface area contributed by atoms with E-state index in [2.05, 4.69) is 10.2 Å². The van der Waals surface area contributed by atoms with Crippen molar-refractivity contribution >= 4 is 11.5 Å². The lowest BCUT2D eigenvalue weighted by Gasteiger charge is -2.01. The number of Topliss-reactive ketones (excluding diaryl/α,β-unsaturated/α-hetero) is 1. The SMILES string of the molecule is CC(=O)/C(N=Nc1ccc(C)cc1)=C(/O)C(F)F. The van der Waals surface area contributed by atoms with Crippen LogP contribution >= 0.6 is 0 Å². The van der Waals surface area contributed by atoms with Crippen LogP contribution in [0.15, 0.2) is 46.0 Å². The first-order valence-corrected chi connectivity index (χ1v) is 5.12. The van der Waals surface area contributed by atoms with Gasteiger partial charge in [0.05, 0.1) is 5.69 Å². The first-order valence-electron chi connectivity index (χ1n) is 5.12.